The zero-order chi connectivity index (χ0) is 14.5. The molecule has 1 aromatic carbocycles. The van der Waals surface area contributed by atoms with Crippen LogP contribution >= 0.6 is 0 Å². The van der Waals surface area contributed by atoms with Crippen molar-refractivity contribution in [2.45, 2.75) is 51.2 Å². The maximum atomic E-state index is 11.2. The molecular weight excluding hydrogens is 254 g/mol. The van der Waals surface area contributed by atoms with E-state index in [1.54, 1.807) is 0 Å². The van der Waals surface area contributed by atoms with E-state index in [2.05, 4.69) is 11.4 Å². The molecule has 0 fully saturated rings. The number of hydrogen-bond donors (Lipinski definition) is 2. The highest BCUT2D eigenvalue weighted by molar-refractivity contribution is 5.72. The van der Waals surface area contributed by atoms with E-state index in [9.17, 15) is 4.79 Å². The Bertz CT molecular complexity index is 473. The standard InChI is InChI=1S/C16H23NO3/c1-3-5-15(16(18)19)20-12-9-8-11-6-4-7-14(17-2)13(11)10-12/h8-10,14-15,17H,3-7H2,1-2H3,(H,18,19). The van der Waals surface area contributed by atoms with Gasteiger partial charge >= 0.3 is 5.97 Å². The third kappa shape index (κ3) is 3.31. The largest absolute Gasteiger partial charge is 0.479 e. The van der Waals surface area contributed by atoms with E-state index in [0.29, 0.717) is 18.2 Å². The van der Waals surface area contributed by atoms with Gasteiger partial charge in [0.1, 0.15) is 5.75 Å². The van der Waals surface area contributed by atoms with Gasteiger partial charge < -0.3 is 15.2 Å². The average Bonchev–Trinajstić information content (AvgIpc) is 2.46. The molecule has 0 saturated heterocycles. The van der Waals surface area contributed by atoms with Gasteiger partial charge in [0.2, 0.25) is 0 Å². The van der Waals surface area contributed by atoms with Crippen molar-refractivity contribution in [1.29, 1.82) is 0 Å². The quantitative estimate of drug-likeness (QED) is 0.839. The lowest BCUT2D eigenvalue weighted by atomic mass is 9.87. The van der Waals surface area contributed by atoms with E-state index >= 15 is 0 Å². The molecule has 1 aliphatic rings. The summed E-state index contributed by atoms with van der Waals surface area (Å²) in [5.41, 5.74) is 2.59. The van der Waals surface area contributed by atoms with Gasteiger partial charge in [0, 0.05) is 6.04 Å². The van der Waals surface area contributed by atoms with Crippen LogP contribution in [0.4, 0.5) is 0 Å². The maximum Gasteiger partial charge on any atom is 0.344 e. The highest BCUT2D eigenvalue weighted by Gasteiger charge is 2.22. The van der Waals surface area contributed by atoms with Crippen molar-refractivity contribution >= 4 is 5.97 Å². The van der Waals surface area contributed by atoms with Gasteiger partial charge in [0.25, 0.3) is 0 Å². The summed E-state index contributed by atoms with van der Waals surface area (Å²) in [5.74, 6) is -0.235. The Labute approximate surface area is 120 Å². The molecule has 2 N–H and O–H groups in total. The second-order valence-corrected chi connectivity index (χ2v) is 5.33. The van der Waals surface area contributed by atoms with Crippen molar-refractivity contribution < 1.29 is 14.6 Å². The van der Waals surface area contributed by atoms with Gasteiger partial charge in [0.15, 0.2) is 6.10 Å². The number of carboxylic acid groups (broad SMARTS) is 1. The number of carbonyl (C=O) groups is 1. The third-order valence-electron chi connectivity index (χ3n) is 3.88. The number of benzene rings is 1. The van der Waals surface area contributed by atoms with Crippen LogP contribution in [0.2, 0.25) is 0 Å². The van der Waals surface area contributed by atoms with Crippen LogP contribution in [0.5, 0.6) is 5.75 Å². The molecular formula is C16H23NO3. The normalized spacial score (nSPS) is 19.2. The molecule has 0 radical (unpaired) electrons. The fourth-order valence-electron chi connectivity index (χ4n) is 2.81. The fraction of sp³-hybridized carbons (Fsp3) is 0.562. The van der Waals surface area contributed by atoms with E-state index in [0.717, 1.165) is 19.3 Å². The Hall–Kier alpha value is -1.55. The van der Waals surface area contributed by atoms with Crippen LogP contribution < -0.4 is 10.1 Å². The average molecular weight is 277 g/mol. The van der Waals surface area contributed by atoms with Gasteiger partial charge in [-0.1, -0.05) is 19.4 Å². The molecule has 0 saturated carbocycles. The Morgan fingerprint density at radius 3 is 3.00 bits per heavy atom. The summed E-state index contributed by atoms with van der Waals surface area (Å²) in [6, 6.07) is 6.31. The molecule has 0 aliphatic heterocycles. The first kappa shape index (κ1) is 14.9. The van der Waals surface area contributed by atoms with Crippen LogP contribution in [-0.4, -0.2) is 24.2 Å². The summed E-state index contributed by atoms with van der Waals surface area (Å²) >= 11 is 0. The van der Waals surface area contributed by atoms with Gasteiger partial charge in [-0.15, -0.1) is 0 Å². The highest BCUT2D eigenvalue weighted by Crippen LogP contribution is 2.32. The van der Waals surface area contributed by atoms with Crippen molar-refractivity contribution in [3.05, 3.63) is 29.3 Å². The molecule has 0 amide bonds. The van der Waals surface area contributed by atoms with Crippen molar-refractivity contribution in [2.75, 3.05) is 7.05 Å². The molecule has 110 valence electrons. The van der Waals surface area contributed by atoms with Crippen molar-refractivity contribution in [3.8, 4) is 5.75 Å². The molecule has 0 bridgehead atoms. The molecule has 4 heteroatoms. The van der Waals surface area contributed by atoms with Crippen molar-refractivity contribution in [2.24, 2.45) is 0 Å². The van der Waals surface area contributed by atoms with Crippen LogP contribution in [0.1, 0.15) is 49.8 Å². The zero-order valence-corrected chi connectivity index (χ0v) is 12.2. The van der Waals surface area contributed by atoms with Gasteiger partial charge in [-0.3, -0.25) is 0 Å². The summed E-state index contributed by atoms with van der Waals surface area (Å²) in [6.07, 6.45) is 3.96. The van der Waals surface area contributed by atoms with Crippen LogP contribution in [0.15, 0.2) is 18.2 Å². The summed E-state index contributed by atoms with van der Waals surface area (Å²) in [5, 5.41) is 12.5. The second-order valence-electron chi connectivity index (χ2n) is 5.33. The summed E-state index contributed by atoms with van der Waals surface area (Å²) < 4.78 is 5.65. The first-order valence-electron chi connectivity index (χ1n) is 7.35. The van der Waals surface area contributed by atoms with E-state index in [-0.39, 0.29) is 0 Å². The summed E-state index contributed by atoms with van der Waals surface area (Å²) in [4.78, 5) is 11.2. The lowest BCUT2D eigenvalue weighted by Crippen LogP contribution is -2.27. The number of aliphatic carboxylic acids is 1. The highest BCUT2D eigenvalue weighted by atomic mass is 16.5. The Kier molecular flexibility index (Phi) is 5.01. The van der Waals surface area contributed by atoms with Crippen LogP contribution in [0, 0.1) is 0 Å². The lowest BCUT2D eigenvalue weighted by Gasteiger charge is -2.26. The Morgan fingerprint density at radius 1 is 1.55 bits per heavy atom. The predicted molar refractivity (Wildman–Crippen MR) is 78.1 cm³/mol. The van der Waals surface area contributed by atoms with Gasteiger partial charge in [-0.2, -0.15) is 0 Å². The molecule has 20 heavy (non-hydrogen) atoms. The molecule has 2 atom stereocenters. The first-order valence-corrected chi connectivity index (χ1v) is 7.35. The number of carboxylic acids is 1. The van der Waals surface area contributed by atoms with Crippen LogP contribution in [0.25, 0.3) is 0 Å². The first-order chi connectivity index (χ1) is 9.65. The topological polar surface area (TPSA) is 58.6 Å². The Morgan fingerprint density at radius 2 is 2.35 bits per heavy atom. The Balaban J connectivity index is 2.19. The number of nitrogens with one attached hydrogen (secondary N) is 1. The van der Waals surface area contributed by atoms with E-state index in [1.807, 2.05) is 26.1 Å². The van der Waals surface area contributed by atoms with E-state index < -0.39 is 12.1 Å². The minimum Gasteiger partial charge on any atom is -0.479 e. The number of ether oxygens (including phenoxy) is 1. The van der Waals surface area contributed by atoms with E-state index in [4.69, 9.17) is 9.84 Å². The van der Waals surface area contributed by atoms with Crippen LogP contribution in [-0.2, 0) is 11.2 Å². The lowest BCUT2D eigenvalue weighted by molar-refractivity contribution is -0.145. The molecule has 0 aromatic heterocycles. The molecule has 1 aromatic rings. The number of rotatable bonds is 6. The van der Waals surface area contributed by atoms with Crippen LogP contribution in [0.3, 0.4) is 0 Å². The summed E-state index contributed by atoms with van der Waals surface area (Å²) in [7, 11) is 1.96. The monoisotopic (exact) mass is 277 g/mol. The molecule has 4 nitrogen and oxygen atoms in total. The number of hydrogen-bond acceptors (Lipinski definition) is 3. The van der Waals surface area contributed by atoms with Crippen molar-refractivity contribution in [1.82, 2.24) is 5.32 Å². The minimum atomic E-state index is -0.894. The molecule has 2 unspecified atom stereocenters. The smallest absolute Gasteiger partial charge is 0.344 e. The van der Waals surface area contributed by atoms with Gasteiger partial charge in [-0.25, -0.2) is 4.79 Å². The molecule has 0 heterocycles. The minimum absolute atomic E-state index is 0.344. The third-order valence-corrected chi connectivity index (χ3v) is 3.88. The zero-order valence-electron chi connectivity index (χ0n) is 12.2. The van der Waals surface area contributed by atoms with Gasteiger partial charge in [0.05, 0.1) is 0 Å². The van der Waals surface area contributed by atoms with E-state index in [1.165, 1.54) is 17.5 Å². The SMILES string of the molecule is CCCC(Oc1ccc2c(c1)C(NC)CCC2)C(=O)O. The number of fused-ring (bicyclic) bond motifs is 1. The summed E-state index contributed by atoms with van der Waals surface area (Å²) in [6.45, 7) is 1.96. The predicted octanol–water partition coefficient (Wildman–Crippen LogP) is 2.92. The molecule has 1 aliphatic carbocycles. The second kappa shape index (κ2) is 6.75. The maximum absolute atomic E-state index is 11.2. The van der Waals surface area contributed by atoms with Gasteiger partial charge in [-0.05, 0) is 56.0 Å². The molecule has 0 spiro atoms. The van der Waals surface area contributed by atoms with Crippen molar-refractivity contribution in [3.63, 3.8) is 0 Å². The fourth-order valence-corrected chi connectivity index (χ4v) is 2.81. The number of aryl methyl sites for hydroxylation is 1. The molecule has 2 rings (SSSR count).